The van der Waals surface area contributed by atoms with Crippen molar-refractivity contribution in [3.8, 4) is 51.0 Å². The monoisotopic (exact) mass is 730 g/mol. The first kappa shape index (κ1) is 31.5. The summed E-state index contributed by atoms with van der Waals surface area (Å²) in [6.07, 6.45) is 0. The van der Waals surface area contributed by atoms with E-state index in [1.54, 1.807) is 0 Å². The zero-order chi connectivity index (χ0) is 37.5. The van der Waals surface area contributed by atoms with Crippen LogP contribution in [0.5, 0.6) is 0 Å². The zero-order valence-corrected chi connectivity index (χ0v) is 30.4. The van der Waals surface area contributed by atoms with E-state index in [1.165, 1.54) is 10.8 Å². The molecule has 0 saturated carbocycles. The molecular formula is C51H30N4O2. The van der Waals surface area contributed by atoms with Crippen LogP contribution in [0.25, 0.3) is 117 Å². The summed E-state index contributed by atoms with van der Waals surface area (Å²) < 4.78 is 15.6. The van der Waals surface area contributed by atoms with Crippen LogP contribution in [0.15, 0.2) is 191 Å². The van der Waals surface area contributed by atoms with E-state index in [9.17, 15) is 0 Å². The molecule has 0 fully saturated rings. The summed E-state index contributed by atoms with van der Waals surface area (Å²) in [5.74, 6) is 1.82. The van der Waals surface area contributed by atoms with Crippen molar-refractivity contribution in [3.63, 3.8) is 0 Å². The van der Waals surface area contributed by atoms with E-state index in [4.69, 9.17) is 23.8 Å². The molecule has 0 aliphatic heterocycles. The molecule has 0 saturated heterocycles. The summed E-state index contributed by atoms with van der Waals surface area (Å²) in [7, 11) is 0. The zero-order valence-electron chi connectivity index (χ0n) is 30.4. The molecular weight excluding hydrogens is 701 g/mol. The molecule has 0 spiro atoms. The van der Waals surface area contributed by atoms with Crippen LogP contribution in [0, 0.1) is 0 Å². The first-order valence-corrected chi connectivity index (χ1v) is 19.0. The number of hydrogen-bond acceptors (Lipinski definition) is 5. The van der Waals surface area contributed by atoms with Crippen molar-refractivity contribution in [2.45, 2.75) is 0 Å². The van der Waals surface area contributed by atoms with Crippen molar-refractivity contribution < 1.29 is 8.83 Å². The van der Waals surface area contributed by atoms with Gasteiger partial charge in [-0.1, -0.05) is 133 Å². The molecule has 0 atom stereocenters. The molecule has 0 N–H and O–H groups in total. The number of fused-ring (bicyclic) bond motifs is 10. The van der Waals surface area contributed by atoms with Gasteiger partial charge in [0.15, 0.2) is 17.5 Å². The van der Waals surface area contributed by atoms with E-state index in [0.29, 0.717) is 17.5 Å². The molecule has 266 valence electrons. The van der Waals surface area contributed by atoms with Gasteiger partial charge in [-0.2, -0.15) is 0 Å². The lowest BCUT2D eigenvalue weighted by molar-refractivity contribution is 0.668. The average molecular weight is 731 g/mol. The molecule has 0 aliphatic carbocycles. The first-order chi connectivity index (χ1) is 28.2. The number of benzene rings is 8. The number of para-hydroxylation sites is 2. The largest absolute Gasteiger partial charge is 0.456 e. The van der Waals surface area contributed by atoms with E-state index in [0.717, 1.165) is 88.4 Å². The van der Waals surface area contributed by atoms with E-state index >= 15 is 0 Å². The summed E-state index contributed by atoms with van der Waals surface area (Å²) >= 11 is 0. The van der Waals surface area contributed by atoms with Crippen LogP contribution >= 0.6 is 0 Å². The molecule has 12 aromatic rings. The molecule has 8 aromatic carbocycles. The SMILES string of the molecule is c1ccc(-c2nc(-c3ccccc3)nc(-c3ccc4c(c3)oc3cc(-n5c6ccccc6c6c7c(ccc65)oc5ccccc57)cc(-c5ccccc5)c34)n2)cc1. The number of nitrogens with zero attached hydrogens (tertiary/aromatic N) is 4. The van der Waals surface area contributed by atoms with Crippen LogP contribution in [-0.2, 0) is 0 Å². The highest BCUT2D eigenvalue weighted by Crippen LogP contribution is 2.44. The highest BCUT2D eigenvalue weighted by Gasteiger charge is 2.22. The number of aromatic nitrogens is 4. The first-order valence-electron chi connectivity index (χ1n) is 19.0. The Morgan fingerprint density at radius 1 is 0.333 bits per heavy atom. The summed E-state index contributed by atoms with van der Waals surface area (Å²) in [5.41, 5.74) is 11.4. The lowest BCUT2D eigenvalue weighted by atomic mass is 9.98. The lowest BCUT2D eigenvalue weighted by Gasteiger charge is -2.12. The predicted octanol–water partition coefficient (Wildman–Crippen LogP) is 13.4. The van der Waals surface area contributed by atoms with Crippen LogP contribution in [0.4, 0.5) is 0 Å². The number of furan rings is 2. The van der Waals surface area contributed by atoms with Crippen molar-refractivity contribution in [1.82, 2.24) is 19.5 Å². The maximum atomic E-state index is 6.89. The maximum absolute atomic E-state index is 6.89. The average Bonchev–Trinajstić information content (AvgIpc) is 3.96. The van der Waals surface area contributed by atoms with Crippen LogP contribution in [0.2, 0.25) is 0 Å². The van der Waals surface area contributed by atoms with Crippen molar-refractivity contribution in [2.24, 2.45) is 0 Å². The lowest BCUT2D eigenvalue weighted by Crippen LogP contribution is -2.00. The molecule has 6 nitrogen and oxygen atoms in total. The molecule has 0 aliphatic rings. The quantitative estimate of drug-likeness (QED) is 0.176. The van der Waals surface area contributed by atoms with E-state index in [1.807, 2.05) is 72.8 Å². The van der Waals surface area contributed by atoms with E-state index in [2.05, 4.69) is 114 Å². The fourth-order valence-electron chi connectivity index (χ4n) is 8.49. The van der Waals surface area contributed by atoms with E-state index < -0.39 is 0 Å². The molecule has 4 aromatic heterocycles. The van der Waals surface area contributed by atoms with Gasteiger partial charge in [0.1, 0.15) is 22.3 Å². The molecule has 0 radical (unpaired) electrons. The number of rotatable bonds is 5. The molecule has 4 heterocycles. The van der Waals surface area contributed by atoms with Gasteiger partial charge >= 0.3 is 0 Å². The third-order valence-corrected chi connectivity index (χ3v) is 11.0. The Labute approximate surface area is 325 Å². The Bertz CT molecular complexity index is 3450. The fraction of sp³-hybridized carbons (Fsp3) is 0. The van der Waals surface area contributed by atoms with Gasteiger partial charge in [-0.05, 0) is 53.6 Å². The molecule has 0 amide bonds. The molecule has 6 heteroatoms. The predicted molar refractivity (Wildman–Crippen MR) is 230 cm³/mol. The van der Waals surface area contributed by atoms with Gasteiger partial charge in [-0.3, -0.25) is 0 Å². The molecule has 0 bridgehead atoms. The molecule has 12 rings (SSSR count). The van der Waals surface area contributed by atoms with Gasteiger partial charge in [-0.25, -0.2) is 15.0 Å². The van der Waals surface area contributed by atoms with E-state index in [-0.39, 0.29) is 0 Å². The minimum absolute atomic E-state index is 0.581. The molecule has 57 heavy (non-hydrogen) atoms. The standard InChI is InChI=1S/C51H30N4O2/c1-4-14-31(15-5-1)39-29-35(55-40-22-12-10-20-36(40)47-41(55)26-27-43-48(47)37-21-11-13-23-42(37)56-43)30-45-46(39)38-25-24-34(28-44(38)57-45)51-53-49(32-16-6-2-7-17-32)52-50(54-51)33-18-8-3-9-19-33/h1-30H. The van der Waals surface area contributed by atoms with Crippen molar-refractivity contribution >= 4 is 65.7 Å². The van der Waals surface area contributed by atoms with Gasteiger partial charge in [-0.15, -0.1) is 0 Å². The summed E-state index contributed by atoms with van der Waals surface area (Å²) in [6.45, 7) is 0. The summed E-state index contributed by atoms with van der Waals surface area (Å²) in [5, 5.41) is 6.66. The smallest absolute Gasteiger partial charge is 0.164 e. The Hall–Kier alpha value is -7.83. The Morgan fingerprint density at radius 2 is 0.912 bits per heavy atom. The van der Waals surface area contributed by atoms with Crippen LogP contribution < -0.4 is 0 Å². The number of hydrogen-bond donors (Lipinski definition) is 0. The fourth-order valence-corrected chi connectivity index (χ4v) is 8.49. The maximum Gasteiger partial charge on any atom is 0.164 e. The van der Waals surface area contributed by atoms with Crippen LogP contribution in [0.3, 0.4) is 0 Å². The summed E-state index contributed by atoms with van der Waals surface area (Å²) in [4.78, 5) is 14.9. The normalized spacial score (nSPS) is 11.9. The highest BCUT2D eigenvalue weighted by molar-refractivity contribution is 6.27. The van der Waals surface area contributed by atoms with Gasteiger partial charge in [0, 0.05) is 55.1 Å². The van der Waals surface area contributed by atoms with Gasteiger partial charge in [0.25, 0.3) is 0 Å². The Kier molecular flexibility index (Phi) is 6.83. The second-order valence-electron chi connectivity index (χ2n) is 14.4. The van der Waals surface area contributed by atoms with Crippen molar-refractivity contribution in [2.75, 3.05) is 0 Å². The van der Waals surface area contributed by atoms with Gasteiger partial charge < -0.3 is 13.4 Å². The topological polar surface area (TPSA) is 69.9 Å². The van der Waals surface area contributed by atoms with Crippen molar-refractivity contribution in [3.05, 3.63) is 182 Å². The minimum Gasteiger partial charge on any atom is -0.456 e. The van der Waals surface area contributed by atoms with Crippen LogP contribution in [0.1, 0.15) is 0 Å². The van der Waals surface area contributed by atoms with Crippen molar-refractivity contribution in [1.29, 1.82) is 0 Å². The Morgan fingerprint density at radius 3 is 1.63 bits per heavy atom. The molecule has 0 unspecified atom stereocenters. The third-order valence-electron chi connectivity index (χ3n) is 11.0. The second-order valence-corrected chi connectivity index (χ2v) is 14.4. The van der Waals surface area contributed by atoms with Gasteiger partial charge in [0.05, 0.1) is 16.7 Å². The Balaban J connectivity index is 1.10. The van der Waals surface area contributed by atoms with Crippen LogP contribution in [-0.4, -0.2) is 19.5 Å². The minimum atomic E-state index is 0.581. The summed E-state index contributed by atoms with van der Waals surface area (Å²) in [6, 6.07) is 62.6. The second kappa shape index (κ2) is 12.3. The third kappa shape index (κ3) is 4.94. The van der Waals surface area contributed by atoms with Gasteiger partial charge in [0.2, 0.25) is 0 Å². The highest BCUT2D eigenvalue weighted by atomic mass is 16.3.